The van der Waals surface area contributed by atoms with Gasteiger partial charge in [0, 0.05) is 19.2 Å². The van der Waals surface area contributed by atoms with Gasteiger partial charge in [-0.3, -0.25) is 13.9 Å². The van der Waals surface area contributed by atoms with Crippen molar-refractivity contribution in [2.75, 3.05) is 37.0 Å². The Bertz CT molecular complexity index is 1110. The molecule has 2 aromatic rings. The van der Waals surface area contributed by atoms with Gasteiger partial charge >= 0.3 is 0 Å². The van der Waals surface area contributed by atoms with Crippen LogP contribution in [0, 0.1) is 0 Å². The molecule has 1 atom stereocenters. The first kappa shape index (κ1) is 25.4. The molecule has 0 spiro atoms. The van der Waals surface area contributed by atoms with E-state index in [-0.39, 0.29) is 24.9 Å². The number of nitrogens with zero attached hydrogens (tertiary/aromatic N) is 2. The molecule has 3 rings (SSSR count). The number of amides is 2. The molecule has 1 aliphatic heterocycles. The maximum Gasteiger partial charge on any atom is 0.244 e. The molecule has 0 radical (unpaired) electrons. The molecule has 0 aromatic heterocycles. The Hall–Kier alpha value is -3.27. The lowest BCUT2D eigenvalue weighted by atomic mass is 10.1. The van der Waals surface area contributed by atoms with Gasteiger partial charge in [0.1, 0.15) is 12.6 Å². The first-order valence-corrected chi connectivity index (χ1v) is 13.0. The van der Waals surface area contributed by atoms with Crippen LogP contribution in [0.25, 0.3) is 0 Å². The van der Waals surface area contributed by atoms with E-state index in [2.05, 4.69) is 5.32 Å². The van der Waals surface area contributed by atoms with Gasteiger partial charge < -0.3 is 19.7 Å². The topological polar surface area (TPSA) is 105 Å². The number of nitrogens with one attached hydrogen (secondary N) is 1. The van der Waals surface area contributed by atoms with Crippen molar-refractivity contribution in [1.82, 2.24) is 10.2 Å². The number of fused-ring (bicyclic) bond motifs is 1. The van der Waals surface area contributed by atoms with E-state index in [1.165, 1.54) is 11.0 Å². The molecule has 1 heterocycles. The largest absolute Gasteiger partial charge is 0.454 e. The minimum absolute atomic E-state index is 0.0498. The Morgan fingerprint density at radius 3 is 2.47 bits per heavy atom. The summed E-state index contributed by atoms with van der Waals surface area (Å²) in [6.07, 6.45) is 2.33. The Morgan fingerprint density at radius 2 is 1.79 bits per heavy atom. The highest BCUT2D eigenvalue weighted by atomic mass is 32.2. The molecule has 10 heteroatoms. The molecule has 0 saturated heterocycles. The first-order valence-electron chi connectivity index (χ1n) is 11.2. The zero-order chi connectivity index (χ0) is 24.7. The molecule has 34 heavy (non-hydrogen) atoms. The maximum absolute atomic E-state index is 13.4. The number of hydrogen-bond donors (Lipinski definition) is 1. The number of hydrogen-bond acceptors (Lipinski definition) is 6. The number of carbonyl (C=O) groups is 2. The highest BCUT2D eigenvalue weighted by molar-refractivity contribution is 7.92. The second-order valence-electron chi connectivity index (χ2n) is 8.10. The summed E-state index contributed by atoms with van der Waals surface area (Å²) >= 11 is 0. The van der Waals surface area contributed by atoms with Gasteiger partial charge in [0.2, 0.25) is 28.6 Å². The Morgan fingerprint density at radius 1 is 1.09 bits per heavy atom. The molecule has 2 aromatic carbocycles. The zero-order valence-corrected chi connectivity index (χ0v) is 20.5. The van der Waals surface area contributed by atoms with Crippen molar-refractivity contribution >= 4 is 27.5 Å². The van der Waals surface area contributed by atoms with Crippen LogP contribution in [-0.4, -0.2) is 63.9 Å². The molecule has 9 nitrogen and oxygen atoms in total. The van der Waals surface area contributed by atoms with Gasteiger partial charge in [0.15, 0.2) is 11.5 Å². The lowest BCUT2D eigenvalue weighted by Gasteiger charge is -2.31. The summed E-state index contributed by atoms with van der Waals surface area (Å²) in [5.74, 6) is 0.163. The van der Waals surface area contributed by atoms with E-state index < -0.39 is 28.5 Å². The SMILES string of the molecule is CCCNC(=O)C(C)N(CCc1ccccc1)C(=O)CN(c1ccc2c(c1)OCO2)S(C)(=O)=O. The number of carbonyl (C=O) groups excluding carboxylic acids is 2. The third-order valence-corrected chi connectivity index (χ3v) is 6.66. The normalized spacial score (nSPS) is 13.3. The van der Waals surface area contributed by atoms with Gasteiger partial charge in [-0.05, 0) is 37.5 Å². The summed E-state index contributed by atoms with van der Waals surface area (Å²) in [4.78, 5) is 27.5. The average molecular weight is 490 g/mol. The van der Waals surface area contributed by atoms with E-state index in [0.717, 1.165) is 22.5 Å². The molecule has 1 unspecified atom stereocenters. The Kier molecular flexibility index (Phi) is 8.38. The van der Waals surface area contributed by atoms with E-state index in [0.29, 0.717) is 24.5 Å². The summed E-state index contributed by atoms with van der Waals surface area (Å²) < 4.78 is 36.9. The van der Waals surface area contributed by atoms with Crippen molar-refractivity contribution in [2.45, 2.75) is 32.7 Å². The molecule has 1 N–H and O–H groups in total. The highest BCUT2D eigenvalue weighted by Gasteiger charge is 2.30. The summed E-state index contributed by atoms with van der Waals surface area (Å²) in [6.45, 7) is 3.96. The van der Waals surface area contributed by atoms with Gasteiger partial charge in [-0.25, -0.2) is 8.42 Å². The van der Waals surface area contributed by atoms with Crippen LogP contribution in [0.2, 0.25) is 0 Å². The predicted octanol–water partition coefficient (Wildman–Crippen LogP) is 2.17. The van der Waals surface area contributed by atoms with Crippen LogP contribution in [0.4, 0.5) is 5.69 Å². The van der Waals surface area contributed by atoms with Gasteiger partial charge in [-0.2, -0.15) is 0 Å². The molecular formula is C24H31N3O6S. The smallest absolute Gasteiger partial charge is 0.244 e. The van der Waals surface area contributed by atoms with Crippen molar-refractivity contribution < 1.29 is 27.5 Å². The Labute approximate surface area is 200 Å². The molecule has 2 amide bonds. The summed E-state index contributed by atoms with van der Waals surface area (Å²) in [6, 6.07) is 13.5. The van der Waals surface area contributed by atoms with E-state index in [9.17, 15) is 18.0 Å². The third-order valence-electron chi connectivity index (χ3n) is 5.52. The minimum atomic E-state index is -3.80. The fraction of sp³-hybridized carbons (Fsp3) is 0.417. The van der Waals surface area contributed by atoms with E-state index in [1.807, 2.05) is 37.3 Å². The molecule has 0 bridgehead atoms. The number of rotatable bonds is 11. The van der Waals surface area contributed by atoms with Crippen molar-refractivity contribution in [3.63, 3.8) is 0 Å². The maximum atomic E-state index is 13.4. The monoisotopic (exact) mass is 489 g/mol. The molecule has 0 fully saturated rings. The van der Waals surface area contributed by atoms with Crippen molar-refractivity contribution in [1.29, 1.82) is 0 Å². The summed E-state index contributed by atoms with van der Waals surface area (Å²) in [5.41, 5.74) is 1.29. The van der Waals surface area contributed by atoms with Crippen LogP contribution < -0.4 is 19.1 Å². The summed E-state index contributed by atoms with van der Waals surface area (Å²) in [7, 11) is -3.80. The Balaban J connectivity index is 1.84. The molecule has 0 saturated carbocycles. The van der Waals surface area contributed by atoms with Crippen LogP contribution in [0.1, 0.15) is 25.8 Å². The predicted molar refractivity (Wildman–Crippen MR) is 129 cm³/mol. The van der Waals surface area contributed by atoms with Crippen molar-refractivity contribution in [2.24, 2.45) is 0 Å². The summed E-state index contributed by atoms with van der Waals surface area (Å²) in [5, 5.41) is 2.81. The third kappa shape index (κ3) is 6.40. The number of benzene rings is 2. The van der Waals surface area contributed by atoms with Crippen molar-refractivity contribution in [3.05, 3.63) is 54.1 Å². The van der Waals surface area contributed by atoms with Crippen molar-refractivity contribution in [3.8, 4) is 11.5 Å². The first-order chi connectivity index (χ1) is 16.2. The number of sulfonamides is 1. The van der Waals surface area contributed by atoms with Gasteiger partial charge in [0.25, 0.3) is 0 Å². The number of ether oxygens (including phenoxy) is 2. The highest BCUT2D eigenvalue weighted by Crippen LogP contribution is 2.36. The molecule has 1 aliphatic rings. The average Bonchev–Trinajstić information content (AvgIpc) is 3.28. The fourth-order valence-electron chi connectivity index (χ4n) is 3.62. The lowest BCUT2D eigenvalue weighted by Crippen LogP contribution is -2.52. The second-order valence-corrected chi connectivity index (χ2v) is 10.0. The minimum Gasteiger partial charge on any atom is -0.454 e. The molecule has 0 aliphatic carbocycles. The van der Waals surface area contributed by atoms with Crippen LogP contribution >= 0.6 is 0 Å². The number of anilines is 1. The lowest BCUT2D eigenvalue weighted by molar-refractivity contribution is -0.138. The van der Waals surface area contributed by atoms with E-state index in [4.69, 9.17) is 9.47 Å². The zero-order valence-electron chi connectivity index (χ0n) is 19.7. The van der Waals surface area contributed by atoms with Crippen LogP contribution in [0.3, 0.4) is 0 Å². The van der Waals surface area contributed by atoms with Crippen LogP contribution in [-0.2, 0) is 26.0 Å². The molecular weight excluding hydrogens is 458 g/mol. The fourth-order valence-corrected chi connectivity index (χ4v) is 4.46. The quantitative estimate of drug-likeness (QED) is 0.519. The van der Waals surface area contributed by atoms with Gasteiger partial charge in [0.05, 0.1) is 11.9 Å². The van der Waals surface area contributed by atoms with Crippen LogP contribution in [0.15, 0.2) is 48.5 Å². The van der Waals surface area contributed by atoms with Gasteiger partial charge in [-0.1, -0.05) is 37.3 Å². The van der Waals surface area contributed by atoms with Gasteiger partial charge in [-0.15, -0.1) is 0 Å². The molecule has 184 valence electrons. The van der Waals surface area contributed by atoms with Crippen LogP contribution in [0.5, 0.6) is 11.5 Å². The van der Waals surface area contributed by atoms with E-state index >= 15 is 0 Å². The second kappa shape index (κ2) is 11.2. The standard InChI is InChI=1S/C24H31N3O6S/c1-4-13-25-24(29)18(2)26(14-12-19-8-6-5-7-9-19)23(28)16-27(34(3,30)31)20-10-11-21-22(15-20)33-17-32-21/h5-11,15,18H,4,12-14,16-17H2,1-3H3,(H,25,29). The van der Waals surface area contributed by atoms with E-state index in [1.54, 1.807) is 19.1 Å².